The fourth-order valence-electron chi connectivity index (χ4n) is 2.70. The second-order valence-electron chi connectivity index (χ2n) is 7.35. The Balaban J connectivity index is 1.84. The highest BCUT2D eigenvalue weighted by atomic mass is 16.5. The molecule has 0 heterocycles. The number of ether oxygens (including phenoxy) is 3. The number of nitrogens with one attached hydrogen (secondary N) is 1. The first-order valence-corrected chi connectivity index (χ1v) is 9.65. The minimum atomic E-state index is -0.170. The number of hydrogen-bond donors (Lipinski definition) is 1. The van der Waals surface area contributed by atoms with Crippen LogP contribution in [0.3, 0.4) is 0 Å². The van der Waals surface area contributed by atoms with Gasteiger partial charge in [0.05, 0.1) is 13.7 Å². The van der Waals surface area contributed by atoms with Gasteiger partial charge in [-0.05, 0) is 55.5 Å². The summed E-state index contributed by atoms with van der Waals surface area (Å²) in [6.07, 6.45) is 0.988. The molecule has 0 spiro atoms. The van der Waals surface area contributed by atoms with E-state index in [2.05, 4.69) is 19.2 Å². The molecule has 28 heavy (non-hydrogen) atoms. The zero-order valence-electron chi connectivity index (χ0n) is 17.5. The Morgan fingerprint density at radius 1 is 1.00 bits per heavy atom. The molecule has 0 saturated carbocycles. The number of hydrogen-bond acceptors (Lipinski definition) is 4. The predicted molar refractivity (Wildman–Crippen MR) is 111 cm³/mol. The van der Waals surface area contributed by atoms with Crippen LogP contribution in [-0.2, 0) is 11.3 Å². The molecule has 0 aliphatic rings. The lowest BCUT2D eigenvalue weighted by atomic mass is 10.1. The van der Waals surface area contributed by atoms with Crippen molar-refractivity contribution in [2.45, 2.75) is 40.7 Å². The van der Waals surface area contributed by atoms with Crippen molar-refractivity contribution in [3.05, 3.63) is 53.1 Å². The number of amides is 1. The van der Waals surface area contributed by atoms with Crippen LogP contribution in [0, 0.1) is 19.8 Å². The van der Waals surface area contributed by atoms with E-state index in [1.807, 2.05) is 50.2 Å². The number of rotatable bonds is 10. The summed E-state index contributed by atoms with van der Waals surface area (Å²) in [5.41, 5.74) is 3.12. The van der Waals surface area contributed by atoms with E-state index >= 15 is 0 Å². The molecule has 0 unspecified atom stereocenters. The van der Waals surface area contributed by atoms with Gasteiger partial charge >= 0.3 is 0 Å². The van der Waals surface area contributed by atoms with Crippen LogP contribution >= 0.6 is 0 Å². The molecule has 152 valence electrons. The second-order valence-corrected chi connectivity index (χ2v) is 7.35. The van der Waals surface area contributed by atoms with Crippen molar-refractivity contribution >= 4 is 5.91 Å². The molecule has 0 saturated heterocycles. The first-order chi connectivity index (χ1) is 13.4. The maximum atomic E-state index is 12.1. The molecule has 0 atom stereocenters. The van der Waals surface area contributed by atoms with Crippen LogP contribution < -0.4 is 19.5 Å². The van der Waals surface area contributed by atoms with E-state index in [-0.39, 0.29) is 12.5 Å². The summed E-state index contributed by atoms with van der Waals surface area (Å²) in [4.78, 5) is 12.1. The van der Waals surface area contributed by atoms with E-state index in [1.54, 1.807) is 7.11 Å². The maximum absolute atomic E-state index is 12.1. The fraction of sp³-hybridized carbons (Fsp3) is 0.435. The van der Waals surface area contributed by atoms with Crippen molar-refractivity contribution in [1.29, 1.82) is 0 Å². The Kier molecular flexibility index (Phi) is 8.18. The van der Waals surface area contributed by atoms with Gasteiger partial charge in [-0.2, -0.15) is 0 Å². The van der Waals surface area contributed by atoms with Crippen LogP contribution in [0.25, 0.3) is 0 Å². The quantitative estimate of drug-likeness (QED) is 0.657. The van der Waals surface area contributed by atoms with Crippen LogP contribution in [0.4, 0.5) is 0 Å². The topological polar surface area (TPSA) is 56.8 Å². The third-order valence-electron chi connectivity index (χ3n) is 4.36. The van der Waals surface area contributed by atoms with Crippen molar-refractivity contribution in [1.82, 2.24) is 5.32 Å². The van der Waals surface area contributed by atoms with E-state index < -0.39 is 0 Å². The Hall–Kier alpha value is -2.69. The molecule has 0 aromatic heterocycles. The third-order valence-corrected chi connectivity index (χ3v) is 4.36. The summed E-state index contributed by atoms with van der Waals surface area (Å²) in [5.74, 6) is 2.53. The number of methoxy groups -OCH3 is 1. The van der Waals surface area contributed by atoms with E-state index in [9.17, 15) is 4.79 Å². The summed E-state index contributed by atoms with van der Waals surface area (Å²) in [7, 11) is 1.62. The zero-order chi connectivity index (χ0) is 20.5. The molecule has 5 nitrogen and oxygen atoms in total. The lowest BCUT2D eigenvalue weighted by molar-refractivity contribution is -0.123. The lowest BCUT2D eigenvalue weighted by Gasteiger charge is -2.14. The normalized spacial score (nSPS) is 10.6. The summed E-state index contributed by atoms with van der Waals surface area (Å²) >= 11 is 0. The minimum Gasteiger partial charge on any atom is -0.493 e. The van der Waals surface area contributed by atoms with Crippen LogP contribution in [0.1, 0.15) is 37.0 Å². The first-order valence-electron chi connectivity index (χ1n) is 9.65. The minimum absolute atomic E-state index is 0.0164. The summed E-state index contributed by atoms with van der Waals surface area (Å²) in [5, 5.41) is 2.87. The summed E-state index contributed by atoms with van der Waals surface area (Å²) < 4.78 is 16.8. The molecule has 0 radical (unpaired) electrons. The van der Waals surface area contributed by atoms with E-state index in [1.165, 1.54) is 5.56 Å². The van der Waals surface area contributed by atoms with Gasteiger partial charge in [-0.15, -0.1) is 0 Å². The van der Waals surface area contributed by atoms with E-state index in [0.29, 0.717) is 24.8 Å². The Bertz CT molecular complexity index is 786. The Labute approximate surface area is 168 Å². The largest absolute Gasteiger partial charge is 0.493 e. The highest BCUT2D eigenvalue weighted by molar-refractivity contribution is 5.77. The van der Waals surface area contributed by atoms with Gasteiger partial charge in [0.15, 0.2) is 18.1 Å². The molecule has 2 aromatic carbocycles. The fourth-order valence-corrected chi connectivity index (χ4v) is 2.70. The first kappa shape index (κ1) is 21.6. The van der Waals surface area contributed by atoms with Crippen LogP contribution in [0.2, 0.25) is 0 Å². The average molecular weight is 386 g/mol. The Morgan fingerprint density at radius 3 is 2.43 bits per heavy atom. The van der Waals surface area contributed by atoms with Crippen molar-refractivity contribution in [3.8, 4) is 17.2 Å². The molecular weight excluding hydrogens is 354 g/mol. The van der Waals surface area contributed by atoms with E-state index in [4.69, 9.17) is 14.2 Å². The number of aryl methyl sites for hydroxylation is 2. The smallest absolute Gasteiger partial charge is 0.258 e. The van der Waals surface area contributed by atoms with Gasteiger partial charge in [0.2, 0.25) is 0 Å². The molecule has 0 fully saturated rings. The van der Waals surface area contributed by atoms with Gasteiger partial charge in [-0.25, -0.2) is 0 Å². The van der Waals surface area contributed by atoms with Gasteiger partial charge in [-0.3, -0.25) is 4.79 Å². The zero-order valence-corrected chi connectivity index (χ0v) is 17.5. The number of benzene rings is 2. The molecule has 0 aliphatic heterocycles. The number of carbonyl (C=O) groups is 1. The second kappa shape index (κ2) is 10.6. The van der Waals surface area contributed by atoms with Crippen molar-refractivity contribution < 1.29 is 19.0 Å². The molecular formula is C23H31NO4. The van der Waals surface area contributed by atoms with Gasteiger partial charge in [0.1, 0.15) is 5.75 Å². The number of carbonyl (C=O) groups excluding carboxylic acids is 1. The summed E-state index contributed by atoms with van der Waals surface area (Å²) in [6.45, 7) is 9.36. The van der Waals surface area contributed by atoms with Crippen LogP contribution in [0.5, 0.6) is 17.2 Å². The monoisotopic (exact) mass is 385 g/mol. The third kappa shape index (κ3) is 6.80. The maximum Gasteiger partial charge on any atom is 0.258 e. The molecule has 2 rings (SSSR count). The SMILES string of the molecule is COc1cc(CNC(=O)COc2ccc(C)cc2C)ccc1OCCC(C)C. The Morgan fingerprint density at radius 2 is 1.75 bits per heavy atom. The highest BCUT2D eigenvalue weighted by Gasteiger charge is 2.09. The molecule has 1 N–H and O–H groups in total. The van der Waals surface area contributed by atoms with Gasteiger partial charge in [0, 0.05) is 6.54 Å². The molecule has 1 amide bonds. The van der Waals surface area contributed by atoms with Crippen LogP contribution in [0.15, 0.2) is 36.4 Å². The van der Waals surface area contributed by atoms with E-state index in [0.717, 1.165) is 29.0 Å². The molecule has 5 heteroatoms. The van der Waals surface area contributed by atoms with Gasteiger partial charge in [0.25, 0.3) is 5.91 Å². The van der Waals surface area contributed by atoms with Crippen LogP contribution in [-0.4, -0.2) is 26.2 Å². The van der Waals surface area contributed by atoms with Crippen molar-refractivity contribution in [2.24, 2.45) is 5.92 Å². The average Bonchev–Trinajstić information content (AvgIpc) is 2.66. The van der Waals surface area contributed by atoms with Crippen molar-refractivity contribution in [3.63, 3.8) is 0 Å². The molecule has 2 aromatic rings. The summed E-state index contributed by atoms with van der Waals surface area (Å²) in [6, 6.07) is 11.6. The van der Waals surface area contributed by atoms with Gasteiger partial charge in [-0.1, -0.05) is 37.6 Å². The lowest BCUT2D eigenvalue weighted by Crippen LogP contribution is -2.28. The van der Waals surface area contributed by atoms with Crippen molar-refractivity contribution in [2.75, 3.05) is 20.3 Å². The molecule has 0 aliphatic carbocycles. The standard InChI is InChI=1S/C23H31NO4/c1-16(2)10-11-27-21-9-7-19(13-22(21)26-5)14-24-23(25)15-28-20-8-6-17(3)12-18(20)4/h6-9,12-13,16H,10-11,14-15H2,1-5H3,(H,24,25). The highest BCUT2D eigenvalue weighted by Crippen LogP contribution is 2.28. The van der Waals surface area contributed by atoms with Gasteiger partial charge < -0.3 is 19.5 Å². The molecule has 0 bridgehead atoms. The predicted octanol–water partition coefficient (Wildman–Crippen LogP) is 4.43.